The van der Waals surface area contributed by atoms with Gasteiger partial charge in [-0.3, -0.25) is 4.99 Å². The molecule has 0 saturated heterocycles. The molecule has 1 atom stereocenters. The summed E-state index contributed by atoms with van der Waals surface area (Å²) in [6.07, 6.45) is 2.54. The van der Waals surface area contributed by atoms with E-state index < -0.39 is 0 Å². The molecule has 0 fully saturated rings. The van der Waals surface area contributed by atoms with Crippen molar-refractivity contribution in [3.8, 4) is 6.07 Å². The van der Waals surface area contributed by atoms with Gasteiger partial charge in [0.25, 0.3) is 0 Å². The summed E-state index contributed by atoms with van der Waals surface area (Å²) in [6, 6.07) is 9.68. The second-order valence-electron chi connectivity index (χ2n) is 4.52. The quantitative estimate of drug-likeness (QED) is 0.614. The van der Waals surface area contributed by atoms with Crippen molar-refractivity contribution in [3.63, 3.8) is 0 Å². The largest absolute Gasteiger partial charge is 0.369 e. The first-order chi connectivity index (χ1) is 9.06. The van der Waals surface area contributed by atoms with Crippen molar-refractivity contribution in [2.24, 2.45) is 9.98 Å². The van der Waals surface area contributed by atoms with Gasteiger partial charge in [0.2, 0.25) is 0 Å². The Balaban J connectivity index is 2.92. The van der Waals surface area contributed by atoms with Crippen LogP contribution < -0.4 is 0 Å². The highest BCUT2D eigenvalue weighted by Crippen LogP contribution is 2.18. The third kappa shape index (κ3) is 4.92. The van der Waals surface area contributed by atoms with Crippen LogP contribution in [-0.2, 0) is 0 Å². The topological polar surface area (TPSA) is 51.8 Å². The molecule has 0 saturated carbocycles. The van der Waals surface area contributed by atoms with Crippen LogP contribution in [0.5, 0.6) is 0 Å². The van der Waals surface area contributed by atoms with Crippen molar-refractivity contribution in [1.29, 1.82) is 5.26 Å². The van der Waals surface area contributed by atoms with Crippen molar-refractivity contribution in [2.45, 2.75) is 26.3 Å². The molecule has 1 aromatic rings. The van der Waals surface area contributed by atoms with Crippen LogP contribution in [0.1, 0.15) is 37.4 Å². The summed E-state index contributed by atoms with van der Waals surface area (Å²) in [5.41, 5.74) is 1.69. The summed E-state index contributed by atoms with van der Waals surface area (Å²) in [5.74, 6) is 0.809. The van der Waals surface area contributed by atoms with Crippen molar-refractivity contribution in [1.82, 2.24) is 4.90 Å². The molecule has 0 spiro atoms. The van der Waals surface area contributed by atoms with Crippen LogP contribution in [-0.4, -0.2) is 31.2 Å². The fourth-order valence-electron chi connectivity index (χ4n) is 1.56. The summed E-state index contributed by atoms with van der Waals surface area (Å²) < 4.78 is 0. The van der Waals surface area contributed by atoms with E-state index in [4.69, 9.17) is 5.26 Å². The maximum Gasteiger partial charge on any atom is 0.125 e. The molecule has 0 aromatic heterocycles. The SMILES string of the molecule is CCC(N=CN(C)C)=NC(C)c1cccc(C#N)c1. The highest BCUT2D eigenvalue weighted by Gasteiger charge is 2.05. The summed E-state index contributed by atoms with van der Waals surface area (Å²) in [7, 11) is 3.85. The molecule has 4 nitrogen and oxygen atoms in total. The Labute approximate surface area is 115 Å². The minimum atomic E-state index is 0.00237. The summed E-state index contributed by atoms with van der Waals surface area (Å²) in [4.78, 5) is 10.8. The number of hydrogen-bond donors (Lipinski definition) is 0. The zero-order chi connectivity index (χ0) is 14.3. The molecular weight excluding hydrogens is 236 g/mol. The number of hydrogen-bond acceptors (Lipinski definition) is 2. The van der Waals surface area contributed by atoms with Gasteiger partial charge >= 0.3 is 0 Å². The molecule has 0 bridgehead atoms. The maximum atomic E-state index is 8.90. The Morgan fingerprint density at radius 3 is 2.79 bits per heavy atom. The van der Waals surface area contributed by atoms with Gasteiger partial charge in [-0.25, -0.2) is 4.99 Å². The first-order valence-electron chi connectivity index (χ1n) is 6.34. The highest BCUT2D eigenvalue weighted by molar-refractivity contribution is 5.88. The summed E-state index contributed by atoms with van der Waals surface area (Å²) in [6.45, 7) is 4.04. The molecule has 0 aliphatic rings. The number of nitrogens with zero attached hydrogens (tertiary/aromatic N) is 4. The number of aliphatic imine (C=N–C) groups is 2. The van der Waals surface area contributed by atoms with Gasteiger partial charge in [0, 0.05) is 20.5 Å². The first kappa shape index (κ1) is 14.9. The van der Waals surface area contributed by atoms with E-state index in [-0.39, 0.29) is 6.04 Å². The van der Waals surface area contributed by atoms with Crippen LogP contribution in [0.4, 0.5) is 0 Å². The molecule has 1 rings (SSSR count). The number of benzene rings is 1. The monoisotopic (exact) mass is 256 g/mol. The van der Waals surface area contributed by atoms with E-state index in [1.165, 1.54) is 0 Å². The lowest BCUT2D eigenvalue weighted by Crippen LogP contribution is -2.10. The molecule has 19 heavy (non-hydrogen) atoms. The van der Waals surface area contributed by atoms with E-state index in [0.717, 1.165) is 17.8 Å². The molecule has 100 valence electrons. The molecule has 1 aromatic carbocycles. The van der Waals surface area contributed by atoms with E-state index in [0.29, 0.717) is 5.56 Å². The van der Waals surface area contributed by atoms with Gasteiger partial charge in [0.15, 0.2) is 0 Å². The van der Waals surface area contributed by atoms with Gasteiger partial charge in [0.1, 0.15) is 5.84 Å². The second-order valence-corrected chi connectivity index (χ2v) is 4.52. The zero-order valence-electron chi connectivity index (χ0n) is 12.0. The van der Waals surface area contributed by atoms with Gasteiger partial charge in [-0.2, -0.15) is 5.26 Å². The Kier molecular flexibility index (Phi) is 5.74. The van der Waals surface area contributed by atoms with E-state index in [9.17, 15) is 0 Å². The van der Waals surface area contributed by atoms with Gasteiger partial charge in [0.05, 0.1) is 24.0 Å². The van der Waals surface area contributed by atoms with Crippen LogP contribution in [0.15, 0.2) is 34.3 Å². The van der Waals surface area contributed by atoms with Crippen LogP contribution in [0.2, 0.25) is 0 Å². The lowest BCUT2D eigenvalue weighted by molar-refractivity contribution is 0.643. The van der Waals surface area contributed by atoms with E-state index in [1.54, 1.807) is 12.4 Å². The first-order valence-corrected chi connectivity index (χ1v) is 6.34. The Morgan fingerprint density at radius 2 is 2.21 bits per heavy atom. The second kappa shape index (κ2) is 7.32. The number of rotatable bonds is 4. The Morgan fingerprint density at radius 1 is 1.47 bits per heavy atom. The van der Waals surface area contributed by atoms with Crippen LogP contribution in [0.3, 0.4) is 0 Å². The average molecular weight is 256 g/mol. The minimum Gasteiger partial charge on any atom is -0.369 e. The van der Waals surface area contributed by atoms with Crippen LogP contribution in [0.25, 0.3) is 0 Å². The Hall–Kier alpha value is -2.15. The predicted molar refractivity (Wildman–Crippen MR) is 79.5 cm³/mol. The van der Waals surface area contributed by atoms with Crippen molar-refractivity contribution >= 4 is 12.2 Å². The third-order valence-corrected chi connectivity index (χ3v) is 2.59. The van der Waals surface area contributed by atoms with E-state index in [2.05, 4.69) is 16.1 Å². The zero-order valence-corrected chi connectivity index (χ0v) is 12.0. The summed E-state index contributed by atoms with van der Waals surface area (Å²) >= 11 is 0. The van der Waals surface area contributed by atoms with Gasteiger partial charge in [-0.1, -0.05) is 19.1 Å². The molecule has 0 aliphatic carbocycles. The third-order valence-electron chi connectivity index (χ3n) is 2.59. The molecule has 0 radical (unpaired) electrons. The van der Waals surface area contributed by atoms with E-state index >= 15 is 0 Å². The Bertz CT molecular complexity index is 509. The van der Waals surface area contributed by atoms with Crippen LogP contribution >= 0.6 is 0 Å². The fraction of sp³-hybridized carbons (Fsp3) is 0.400. The molecule has 0 amide bonds. The molecule has 1 unspecified atom stereocenters. The smallest absolute Gasteiger partial charge is 0.125 e. The molecule has 4 heteroatoms. The number of nitriles is 1. The highest BCUT2D eigenvalue weighted by atomic mass is 15.1. The molecule has 0 heterocycles. The predicted octanol–water partition coefficient (Wildman–Crippen LogP) is 3.02. The standard InChI is InChI=1S/C15H20N4/c1-5-15(17-11-19(3)4)18-12(2)14-8-6-7-13(9-14)10-16/h6-9,11-12H,5H2,1-4H3. The van der Waals surface area contributed by atoms with Crippen molar-refractivity contribution in [3.05, 3.63) is 35.4 Å². The van der Waals surface area contributed by atoms with Crippen molar-refractivity contribution in [2.75, 3.05) is 14.1 Å². The maximum absolute atomic E-state index is 8.90. The average Bonchev–Trinajstić information content (AvgIpc) is 2.43. The van der Waals surface area contributed by atoms with Crippen LogP contribution in [0, 0.1) is 11.3 Å². The normalized spacial score (nSPS) is 13.3. The fourth-order valence-corrected chi connectivity index (χ4v) is 1.56. The molecule has 0 N–H and O–H groups in total. The lowest BCUT2D eigenvalue weighted by atomic mass is 10.1. The van der Waals surface area contributed by atoms with Crippen molar-refractivity contribution < 1.29 is 0 Å². The number of amidine groups is 1. The van der Waals surface area contributed by atoms with Gasteiger partial charge < -0.3 is 4.90 Å². The summed E-state index contributed by atoms with van der Waals surface area (Å²) in [5, 5.41) is 8.90. The minimum absolute atomic E-state index is 0.00237. The van der Waals surface area contributed by atoms with E-state index in [1.807, 2.05) is 51.0 Å². The molecule has 0 aliphatic heterocycles. The van der Waals surface area contributed by atoms with Gasteiger partial charge in [-0.05, 0) is 24.6 Å². The molecular formula is C15H20N4. The van der Waals surface area contributed by atoms with Gasteiger partial charge in [-0.15, -0.1) is 0 Å². The lowest BCUT2D eigenvalue weighted by Gasteiger charge is -2.09.